The minimum absolute atomic E-state index is 0.0442. The van der Waals surface area contributed by atoms with Crippen molar-refractivity contribution in [1.82, 2.24) is 14.0 Å². The predicted octanol–water partition coefficient (Wildman–Crippen LogP) is 5.15. The highest BCUT2D eigenvalue weighted by Crippen LogP contribution is 2.60. The Labute approximate surface area is 355 Å². The van der Waals surface area contributed by atoms with Gasteiger partial charge in [0.25, 0.3) is 17.0 Å². The van der Waals surface area contributed by atoms with Gasteiger partial charge in [-0.1, -0.05) is 49.5 Å². The molecule has 2 fully saturated rings. The molecule has 318 valence electrons. The number of aliphatic hydroxyl groups excluding tert-OH is 1. The Morgan fingerprint density at radius 2 is 1.46 bits per heavy atom. The van der Waals surface area contributed by atoms with Gasteiger partial charge in [0.05, 0.1) is 66.8 Å². The van der Waals surface area contributed by atoms with Gasteiger partial charge in [-0.2, -0.15) is 0 Å². The van der Waals surface area contributed by atoms with Crippen molar-refractivity contribution in [3.05, 3.63) is 135 Å². The summed E-state index contributed by atoms with van der Waals surface area (Å²) in [5, 5.41) is 11.3. The summed E-state index contributed by atoms with van der Waals surface area (Å²) in [5.74, 6) is 0.349. The molecule has 5 heterocycles. The summed E-state index contributed by atoms with van der Waals surface area (Å²) in [4.78, 5) is 60.1. The fourth-order valence-corrected chi connectivity index (χ4v) is 14.1. The Morgan fingerprint density at radius 3 is 2.07 bits per heavy atom. The number of aliphatic hydroxyl groups is 1. The molecule has 3 aromatic carbocycles. The topological polar surface area (TPSA) is 142 Å². The molecule has 3 aliphatic rings. The molecule has 1 N–H and O–H groups in total. The highest BCUT2D eigenvalue weighted by atomic mass is 28.3. The minimum atomic E-state index is -2.61. The number of ether oxygens (including phenoxy) is 4. The third kappa shape index (κ3) is 7.05. The average molecular weight is 845 g/mol. The van der Waals surface area contributed by atoms with E-state index in [9.17, 15) is 19.5 Å². The number of nitrogens with zero attached hydrogens (tertiary/aromatic N) is 4. The monoisotopic (exact) mass is 844 g/mol. The Kier molecular flexibility index (Phi) is 11.3. The molecule has 0 saturated carbocycles. The molecule has 14 heteroatoms. The number of benzene rings is 3. The van der Waals surface area contributed by atoms with E-state index >= 15 is 4.79 Å². The van der Waals surface area contributed by atoms with E-state index in [1.165, 1.54) is 23.4 Å². The summed E-state index contributed by atoms with van der Waals surface area (Å²) in [7, 11) is 1.93. The molecule has 0 aliphatic carbocycles. The van der Waals surface area contributed by atoms with Crippen molar-refractivity contribution in [1.29, 1.82) is 0 Å². The molecule has 5 atom stereocenters. The molecule has 1 spiro atoms. The summed E-state index contributed by atoms with van der Waals surface area (Å²) in [6.45, 7) is 7.23. The number of likely N-dealkylation sites (tertiary alicyclic amines) is 1. The van der Waals surface area contributed by atoms with Crippen molar-refractivity contribution in [3.63, 3.8) is 0 Å². The fraction of sp³-hybridized carbons (Fsp3) is 0.362. The standard InChI is InChI=1S/C47H52N4O9Si/c1-30-43(61(5,6)36-20-18-35(57-2)19-21-36)41(27-42(53)48-23-7-10-34(48)29-52)60-47(30)37-26-33(50-25-9-12-40(59-4)45(50)55)17-22-38(37)51(46(47)56)28-31-13-15-32(16-14-31)49-24-8-11-39(58-3)44(49)54/h8-9,11-22,24-26,30,34,41,43,52H,7,10,23,27-29H2,1-6H3/t30-,34+,41+,43-,47+/m1/s1. The van der Waals surface area contributed by atoms with Crippen molar-refractivity contribution >= 4 is 30.8 Å². The van der Waals surface area contributed by atoms with Crippen LogP contribution in [-0.2, 0) is 26.5 Å². The smallest absolute Gasteiger partial charge is 0.297 e. The lowest BCUT2D eigenvalue weighted by atomic mass is 9.82. The first-order valence-electron chi connectivity index (χ1n) is 20.7. The molecule has 5 aromatic rings. The molecule has 0 bridgehead atoms. The number of hydrogen-bond donors (Lipinski definition) is 1. The van der Waals surface area contributed by atoms with Crippen LogP contribution in [0.15, 0.2) is 113 Å². The van der Waals surface area contributed by atoms with Gasteiger partial charge in [-0.3, -0.25) is 28.3 Å². The van der Waals surface area contributed by atoms with Crippen LogP contribution in [0.2, 0.25) is 18.6 Å². The van der Waals surface area contributed by atoms with Gasteiger partial charge in [-0.15, -0.1) is 0 Å². The summed E-state index contributed by atoms with van der Waals surface area (Å²) in [6, 6.07) is 27.5. The van der Waals surface area contributed by atoms with Crippen molar-refractivity contribution < 1.29 is 33.6 Å². The maximum Gasteiger partial charge on any atom is 0.297 e. The molecule has 61 heavy (non-hydrogen) atoms. The number of amides is 2. The average Bonchev–Trinajstić information content (AvgIpc) is 3.94. The van der Waals surface area contributed by atoms with Crippen LogP contribution in [0.1, 0.15) is 37.3 Å². The van der Waals surface area contributed by atoms with E-state index in [4.69, 9.17) is 18.9 Å². The van der Waals surface area contributed by atoms with Gasteiger partial charge < -0.3 is 33.9 Å². The van der Waals surface area contributed by atoms with Gasteiger partial charge >= 0.3 is 0 Å². The van der Waals surface area contributed by atoms with Crippen LogP contribution >= 0.6 is 0 Å². The number of anilines is 1. The van der Waals surface area contributed by atoms with Gasteiger partial charge in [0.1, 0.15) is 5.75 Å². The lowest BCUT2D eigenvalue weighted by molar-refractivity contribution is -0.150. The van der Waals surface area contributed by atoms with Crippen LogP contribution < -0.4 is 35.4 Å². The van der Waals surface area contributed by atoms with Crippen LogP contribution in [-0.4, -0.2) is 85.7 Å². The van der Waals surface area contributed by atoms with E-state index in [1.807, 2.05) is 54.6 Å². The van der Waals surface area contributed by atoms with E-state index in [1.54, 1.807) is 53.6 Å². The van der Waals surface area contributed by atoms with Gasteiger partial charge in [0.2, 0.25) is 5.91 Å². The number of aromatic nitrogens is 2. The number of carbonyl (C=O) groups excluding carboxylic acids is 2. The summed E-state index contributed by atoms with van der Waals surface area (Å²) < 4.78 is 26.5. The largest absolute Gasteiger partial charge is 0.497 e. The third-order valence-electron chi connectivity index (χ3n) is 13.2. The Balaban J connectivity index is 1.25. The van der Waals surface area contributed by atoms with Gasteiger partial charge in [0, 0.05) is 41.8 Å². The molecule has 2 saturated heterocycles. The summed E-state index contributed by atoms with van der Waals surface area (Å²) in [6.07, 6.45) is 4.28. The summed E-state index contributed by atoms with van der Waals surface area (Å²) >= 11 is 0. The second-order valence-electron chi connectivity index (χ2n) is 16.7. The first-order valence-corrected chi connectivity index (χ1v) is 23.8. The molecule has 0 radical (unpaired) electrons. The zero-order chi connectivity index (χ0) is 43.2. The molecule has 3 aliphatic heterocycles. The number of fused-ring (bicyclic) bond motifs is 2. The molecule has 2 aromatic heterocycles. The van der Waals surface area contributed by atoms with E-state index in [0.29, 0.717) is 29.2 Å². The molecular weight excluding hydrogens is 793 g/mol. The fourth-order valence-electron chi connectivity index (χ4n) is 10.1. The Morgan fingerprint density at radius 1 is 0.836 bits per heavy atom. The molecule has 0 unspecified atom stereocenters. The van der Waals surface area contributed by atoms with E-state index < -0.39 is 25.7 Å². The Bertz CT molecular complexity index is 2570. The van der Waals surface area contributed by atoms with Gasteiger partial charge in [-0.05, 0) is 90.7 Å². The predicted molar refractivity (Wildman–Crippen MR) is 234 cm³/mol. The van der Waals surface area contributed by atoms with E-state index in [2.05, 4.69) is 32.2 Å². The van der Waals surface area contributed by atoms with Crippen molar-refractivity contribution in [2.45, 2.75) is 69.1 Å². The Hall–Kier alpha value is -5.96. The van der Waals surface area contributed by atoms with Crippen LogP contribution in [0.25, 0.3) is 11.4 Å². The highest BCUT2D eigenvalue weighted by Gasteiger charge is 2.66. The SMILES string of the molecule is COc1ccc([Si](C)(C)[C@H]2[C@H](CC(=O)N3CCC[C@H]3CO)O[C@@]3(C(=O)N(Cc4ccc(-n5cccc(OC)c5=O)cc4)c4ccc(-n5cccc(OC)c5=O)cc43)[C@@H]2C)cc1. The van der Waals surface area contributed by atoms with Crippen LogP contribution in [0.3, 0.4) is 0 Å². The van der Waals surface area contributed by atoms with Crippen LogP contribution in [0, 0.1) is 5.92 Å². The highest BCUT2D eigenvalue weighted by molar-refractivity contribution is 6.91. The molecule has 2 amide bonds. The normalized spacial score (nSPS) is 22.2. The second kappa shape index (κ2) is 16.5. The van der Waals surface area contributed by atoms with E-state index in [0.717, 1.165) is 29.3 Å². The summed E-state index contributed by atoms with van der Waals surface area (Å²) in [5.41, 5.74) is 0.860. The second-order valence-corrected chi connectivity index (χ2v) is 21.4. The van der Waals surface area contributed by atoms with Crippen LogP contribution in [0.5, 0.6) is 17.2 Å². The van der Waals surface area contributed by atoms with Crippen molar-refractivity contribution in [2.75, 3.05) is 39.4 Å². The maximum absolute atomic E-state index is 15.6. The lowest BCUT2D eigenvalue weighted by Crippen LogP contribution is -2.52. The zero-order valence-corrected chi connectivity index (χ0v) is 36.4. The third-order valence-corrected chi connectivity index (χ3v) is 17.6. The molecule has 8 rings (SSSR count). The first-order chi connectivity index (χ1) is 29.4. The molecule has 13 nitrogen and oxygen atoms in total. The maximum atomic E-state index is 15.6. The van der Waals surface area contributed by atoms with Crippen molar-refractivity contribution in [3.8, 4) is 28.6 Å². The van der Waals surface area contributed by atoms with E-state index in [-0.39, 0.29) is 65.6 Å². The van der Waals surface area contributed by atoms with Gasteiger partial charge in [-0.25, -0.2) is 0 Å². The number of pyridine rings is 2. The van der Waals surface area contributed by atoms with Crippen LogP contribution in [0.4, 0.5) is 5.69 Å². The first kappa shape index (κ1) is 41.8. The number of carbonyl (C=O) groups is 2. The molecular formula is C47H52N4O9Si. The lowest BCUT2D eigenvalue weighted by Gasteiger charge is -2.37. The number of rotatable bonds is 12. The zero-order valence-electron chi connectivity index (χ0n) is 35.4. The minimum Gasteiger partial charge on any atom is -0.497 e. The quantitative estimate of drug-likeness (QED) is 0.169. The van der Waals surface area contributed by atoms with Crippen molar-refractivity contribution in [2.24, 2.45) is 5.92 Å². The number of hydrogen-bond acceptors (Lipinski definition) is 9. The van der Waals surface area contributed by atoms with Gasteiger partial charge in [0.15, 0.2) is 17.1 Å². The number of methoxy groups -OCH3 is 3.